The summed E-state index contributed by atoms with van der Waals surface area (Å²) in [6.45, 7) is 0. The number of aryl methyl sites for hydroxylation is 1. The van der Waals surface area contributed by atoms with E-state index < -0.39 is 11.9 Å². The molecule has 0 bridgehead atoms. The Balaban J connectivity index is 1.86. The molecule has 2 aromatic rings. The number of nitrogens with zero attached hydrogens (tertiary/aromatic N) is 2. The minimum atomic E-state index is -0.617. The molecular formula is C15H13N3O3. The topological polar surface area (TPSA) is 71.4 Å². The maximum Gasteiger partial charge on any atom is 0.259 e. The van der Waals surface area contributed by atoms with Gasteiger partial charge in [-0.15, -0.1) is 0 Å². The fourth-order valence-electron chi connectivity index (χ4n) is 3.26. The summed E-state index contributed by atoms with van der Waals surface area (Å²) in [6, 6.07) is 4.95. The number of hydrogen-bond acceptors (Lipinski definition) is 3. The van der Waals surface area contributed by atoms with Crippen LogP contribution in [0.2, 0.25) is 0 Å². The van der Waals surface area contributed by atoms with Crippen LogP contribution in [0.5, 0.6) is 0 Å². The van der Waals surface area contributed by atoms with E-state index in [-0.39, 0.29) is 18.2 Å². The number of aromatic nitrogens is 1. The van der Waals surface area contributed by atoms with E-state index in [1.165, 1.54) is 4.90 Å². The number of rotatable bonds is 1. The van der Waals surface area contributed by atoms with Gasteiger partial charge in [-0.2, -0.15) is 0 Å². The molecule has 2 aliphatic rings. The van der Waals surface area contributed by atoms with Crippen LogP contribution in [-0.4, -0.2) is 28.3 Å². The van der Waals surface area contributed by atoms with E-state index in [1.54, 1.807) is 6.07 Å². The number of imide groups is 1. The normalized spacial score (nSPS) is 21.3. The van der Waals surface area contributed by atoms with Gasteiger partial charge >= 0.3 is 0 Å². The lowest BCUT2D eigenvalue weighted by Crippen LogP contribution is -2.53. The highest BCUT2D eigenvalue weighted by molar-refractivity contribution is 6.27. The third-order valence-corrected chi connectivity index (χ3v) is 4.23. The lowest BCUT2D eigenvalue weighted by atomic mass is 10.0. The molecule has 6 heteroatoms. The van der Waals surface area contributed by atoms with Gasteiger partial charge in [0, 0.05) is 25.1 Å². The monoisotopic (exact) mass is 283 g/mol. The van der Waals surface area contributed by atoms with Crippen LogP contribution in [0.3, 0.4) is 0 Å². The predicted octanol–water partition coefficient (Wildman–Crippen LogP) is 0.944. The van der Waals surface area contributed by atoms with Crippen molar-refractivity contribution in [3.63, 3.8) is 0 Å². The van der Waals surface area contributed by atoms with E-state index in [4.69, 9.17) is 0 Å². The summed E-state index contributed by atoms with van der Waals surface area (Å²) in [5, 5.41) is 3.20. The van der Waals surface area contributed by atoms with Gasteiger partial charge in [-0.25, -0.2) is 0 Å². The fourth-order valence-corrected chi connectivity index (χ4v) is 3.26. The minimum absolute atomic E-state index is 0.166. The first kappa shape index (κ1) is 12.1. The SMILES string of the molecule is Cn1cc2c3c(cccc31)C(=O)N2C1CCC(=O)NC1=O. The van der Waals surface area contributed by atoms with Gasteiger partial charge in [0.2, 0.25) is 11.8 Å². The number of carbonyl (C=O) groups is 3. The quantitative estimate of drug-likeness (QED) is 0.792. The first-order chi connectivity index (χ1) is 10.1. The molecule has 0 radical (unpaired) electrons. The molecule has 4 rings (SSSR count). The third kappa shape index (κ3) is 1.50. The van der Waals surface area contributed by atoms with Gasteiger partial charge in [0.25, 0.3) is 5.91 Å². The molecule has 6 nitrogen and oxygen atoms in total. The lowest BCUT2D eigenvalue weighted by Gasteiger charge is -2.29. The molecule has 3 heterocycles. The molecule has 1 atom stereocenters. The molecule has 1 saturated heterocycles. The highest BCUT2D eigenvalue weighted by atomic mass is 16.2. The zero-order valence-corrected chi connectivity index (χ0v) is 11.4. The van der Waals surface area contributed by atoms with Gasteiger partial charge in [0.15, 0.2) is 0 Å². The molecule has 1 aromatic carbocycles. The lowest BCUT2D eigenvalue weighted by molar-refractivity contribution is -0.134. The summed E-state index contributed by atoms with van der Waals surface area (Å²) in [7, 11) is 1.91. The molecule has 0 spiro atoms. The van der Waals surface area contributed by atoms with Gasteiger partial charge in [-0.1, -0.05) is 6.07 Å². The smallest absolute Gasteiger partial charge is 0.259 e. The highest BCUT2D eigenvalue weighted by Gasteiger charge is 2.41. The van der Waals surface area contributed by atoms with Gasteiger partial charge in [0.1, 0.15) is 6.04 Å². The number of piperidine rings is 1. The van der Waals surface area contributed by atoms with Crippen molar-refractivity contribution in [1.29, 1.82) is 0 Å². The summed E-state index contributed by atoms with van der Waals surface area (Å²) in [5.41, 5.74) is 2.33. The second-order valence-corrected chi connectivity index (χ2v) is 5.47. The van der Waals surface area contributed by atoms with Crippen molar-refractivity contribution in [3.8, 4) is 0 Å². The largest absolute Gasteiger partial charge is 0.348 e. The van der Waals surface area contributed by atoms with Crippen molar-refractivity contribution >= 4 is 34.3 Å². The fraction of sp³-hybridized carbons (Fsp3) is 0.267. The van der Waals surface area contributed by atoms with Crippen molar-refractivity contribution < 1.29 is 14.4 Å². The maximum atomic E-state index is 12.6. The van der Waals surface area contributed by atoms with E-state index >= 15 is 0 Å². The van der Waals surface area contributed by atoms with E-state index in [0.29, 0.717) is 12.0 Å². The first-order valence-electron chi connectivity index (χ1n) is 6.83. The Kier molecular flexibility index (Phi) is 2.28. The zero-order valence-electron chi connectivity index (χ0n) is 11.4. The molecule has 106 valence electrons. The number of amides is 3. The summed E-state index contributed by atoms with van der Waals surface area (Å²) >= 11 is 0. The van der Waals surface area contributed by atoms with Gasteiger partial charge in [0.05, 0.1) is 16.8 Å². The van der Waals surface area contributed by atoms with Crippen molar-refractivity contribution in [3.05, 3.63) is 30.0 Å². The Hall–Kier alpha value is -2.63. The molecule has 1 unspecified atom stereocenters. The molecule has 0 aliphatic carbocycles. The van der Waals surface area contributed by atoms with Gasteiger partial charge in [-0.05, 0) is 18.6 Å². The summed E-state index contributed by atoms with van der Waals surface area (Å²) in [4.78, 5) is 37.5. The molecule has 0 saturated carbocycles. The van der Waals surface area contributed by atoms with Gasteiger partial charge in [-0.3, -0.25) is 24.6 Å². The minimum Gasteiger partial charge on any atom is -0.348 e. The Labute approximate surface area is 120 Å². The molecule has 3 amide bonds. The second-order valence-electron chi connectivity index (χ2n) is 5.47. The van der Waals surface area contributed by atoms with Crippen LogP contribution in [0.4, 0.5) is 5.69 Å². The van der Waals surface area contributed by atoms with Crippen LogP contribution < -0.4 is 10.2 Å². The average Bonchev–Trinajstić information content (AvgIpc) is 2.92. The standard InChI is InChI=1S/C15H13N3O3/c1-17-7-11-13-8(3-2-4-9(13)17)15(21)18(11)10-5-6-12(19)16-14(10)20/h2-4,7,10H,5-6H2,1H3,(H,16,19,20). The zero-order chi connectivity index (χ0) is 14.7. The third-order valence-electron chi connectivity index (χ3n) is 4.23. The van der Waals surface area contributed by atoms with Crippen molar-refractivity contribution in [2.24, 2.45) is 7.05 Å². The van der Waals surface area contributed by atoms with Crippen LogP contribution in [0.15, 0.2) is 24.4 Å². The molecule has 1 fully saturated rings. The van der Waals surface area contributed by atoms with E-state index in [9.17, 15) is 14.4 Å². The number of carbonyl (C=O) groups excluding carboxylic acids is 3. The van der Waals surface area contributed by atoms with Crippen molar-refractivity contribution in [1.82, 2.24) is 9.88 Å². The van der Waals surface area contributed by atoms with Crippen LogP contribution >= 0.6 is 0 Å². The average molecular weight is 283 g/mol. The summed E-state index contributed by atoms with van der Waals surface area (Å²) in [5.74, 6) is -0.844. The van der Waals surface area contributed by atoms with Gasteiger partial charge < -0.3 is 4.57 Å². The Morgan fingerprint density at radius 2 is 2.05 bits per heavy atom. The Bertz CT molecular complexity index is 821. The van der Waals surface area contributed by atoms with E-state index in [1.807, 2.05) is 29.9 Å². The van der Waals surface area contributed by atoms with E-state index in [0.717, 1.165) is 16.6 Å². The molecule has 2 aliphatic heterocycles. The highest BCUT2D eigenvalue weighted by Crippen LogP contribution is 2.40. The summed E-state index contributed by atoms with van der Waals surface area (Å²) < 4.78 is 1.94. The second kappa shape index (κ2) is 3.94. The van der Waals surface area contributed by atoms with Crippen LogP contribution in [0, 0.1) is 0 Å². The first-order valence-corrected chi connectivity index (χ1v) is 6.83. The molecule has 21 heavy (non-hydrogen) atoms. The predicted molar refractivity (Wildman–Crippen MR) is 75.9 cm³/mol. The maximum absolute atomic E-state index is 12.6. The number of hydrogen-bond donors (Lipinski definition) is 1. The molecular weight excluding hydrogens is 270 g/mol. The molecule has 1 aromatic heterocycles. The van der Waals surface area contributed by atoms with Crippen LogP contribution in [-0.2, 0) is 16.6 Å². The van der Waals surface area contributed by atoms with Crippen molar-refractivity contribution in [2.45, 2.75) is 18.9 Å². The molecule has 1 N–H and O–H groups in total. The van der Waals surface area contributed by atoms with Crippen LogP contribution in [0.1, 0.15) is 23.2 Å². The summed E-state index contributed by atoms with van der Waals surface area (Å²) in [6.07, 6.45) is 2.48. The Morgan fingerprint density at radius 1 is 1.24 bits per heavy atom. The van der Waals surface area contributed by atoms with Crippen molar-refractivity contribution in [2.75, 3.05) is 4.90 Å². The van der Waals surface area contributed by atoms with E-state index in [2.05, 4.69) is 5.32 Å². The Morgan fingerprint density at radius 3 is 2.81 bits per heavy atom. The van der Waals surface area contributed by atoms with Crippen LogP contribution in [0.25, 0.3) is 10.9 Å². The number of nitrogens with one attached hydrogen (secondary N) is 1. The number of benzene rings is 1. The number of anilines is 1.